The van der Waals surface area contributed by atoms with Crippen molar-refractivity contribution in [2.24, 2.45) is 16.7 Å². The Bertz CT molecular complexity index is 224. The molecule has 0 aromatic rings. The molecule has 1 aliphatic carbocycles. The van der Waals surface area contributed by atoms with Gasteiger partial charge < -0.3 is 5.32 Å². The van der Waals surface area contributed by atoms with Crippen LogP contribution in [0.3, 0.4) is 0 Å². The van der Waals surface area contributed by atoms with Gasteiger partial charge in [0.2, 0.25) is 0 Å². The lowest BCUT2D eigenvalue weighted by Gasteiger charge is -2.44. The molecule has 2 unspecified atom stereocenters. The van der Waals surface area contributed by atoms with Crippen LogP contribution < -0.4 is 5.32 Å². The molecule has 1 aliphatic rings. The Labute approximate surface area is 109 Å². The Morgan fingerprint density at radius 1 is 1.24 bits per heavy atom. The summed E-state index contributed by atoms with van der Waals surface area (Å²) in [5.41, 5.74) is 0.998. The van der Waals surface area contributed by atoms with Crippen LogP contribution in [0.4, 0.5) is 0 Å². The van der Waals surface area contributed by atoms with Gasteiger partial charge in [-0.3, -0.25) is 0 Å². The Balaban J connectivity index is 2.59. The van der Waals surface area contributed by atoms with Crippen molar-refractivity contribution in [3.63, 3.8) is 0 Å². The maximum atomic E-state index is 3.60. The maximum Gasteiger partial charge on any atom is 0.00976 e. The first-order chi connectivity index (χ1) is 7.76. The van der Waals surface area contributed by atoms with Crippen molar-refractivity contribution in [3.05, 3.63) is 0 Å². The molecule has 0 saturated heterocycles. The van der Waals surface area contributed by atoms with Gasteiger partial charge in [0.05, 0.1) is 0 Å². The number of hydrogen-bond donors (Lipinski definition) is 1. The van der Waals surface area contributed by atoms with Gasteiger partial charge in [0.15, 0.2) is 0 Å². The molecule has 102 valence electrons. The molecular weight excluding hydrogens is 206 g/mol. The summed E-state index contributed by atoms with van der Waals surface area (Å²) in [6.45, 7) is 12.0. The zero-order chi connectivity index (χ0) is 13.1. The minimum Gasteiger partial charge on any atom is -0.317 e. The summed E-state index contributed by atoms with van der Waals surface area (Å²) in [5.74, 6) is 0.864. The lowest BCUT2D eigenvalue weighted by molar-refractivity contribution is 0.0925. The van der Waals surface area contributed by atoms with E-state index in [1.165, 1.54) is 38.5 Å². The van der Waals surface area contributed by atoms with Crippen molar-refractivity contribution in [3.8, 4) is 0 Å². The monoisotopic (exact) mass is 239 g/mol. The highest BCUT2D eigenvalue weighted by Crippen LogP contribution is 2.43. The lowest BCUT2D eigenvalue weighted by atomic mass is 9.65. The number of hydrogen-bond acceptors (Lipinski definition) is 1. The number of rotatable bonds is 4. The Hall–Kier alpha value is -0.0400. The van der Waals surface area contributed by atoms with Crippen LogP contribution in [0.1, 0.15) is 73.1 Å². The molecule has 1 fully saturated rings. The van der Waals surface area contributed by atoms with Gasteiger partial charge in [-0.25, -0.2) is 0 Å². The van der Waals surface area contributed by atoms with Crippen LogP contribution in [-0.4, -0.2) is 13.1 Å². The number of nitrogens with one attached hydrogen (secondary N) is 1. The minimum absolute atomic E-state index is 0.466. The standard InChI is InChI=1S/C16H33N/c1-15(2,3)12-10-14(17-6)13-9-7-8-11-16(13,4)5/h13-14,17H,7-12H2,1-6H3. The summed E-state index contributed by atoms with van der Waals surface area (Å²) >= 11 is 0. The molecule has 2 atom stereocenters. The largest absolute Gasteiger partial charge is 0.317 e. The summed E-state index contributed by atoms with van der Waals surface area (Å²) in [7, 11) is 2.15. The molecule has 0 bridgehead atoms. The van der Waals surface area contributed by atoms with E-state index in [-0.39, 0.29) is 0 Å². The van der Waals surface area contributed by atoms with Crippen molar-refractivity contribution < 1.29 is 0 Å². The highest BCUT2D eigenvalue weighted by molar-refractivity contribution is 4.90. The first kappa shape index (κ1) is 15.0. The summed E-state index contributed by atoms with van der Waals surface area (Å²) in [5, 5.41) is 3.60. The minimum atomic E-state index is 0.466. The van der Waals surface area contributed by atoms with Gasteiger partial charge in [-0.2, -0.15) is 0 Å². The molecule has 1 saturated carbocycles. The van der Waals surface area contributed by atoms with Crippen LogP contribution in [-0.2, 0) is 0 Å². The fraction of sp³-hybridized carbons (Fsp3) is 1.00. The van der Waals surface area contributed by atoms with Gasteiger partial charge in [-0.15, -0.1) is 0 Å². The lowest BCUT2D eigenvalue weighted by Crippen LogP contribution is -2.43. The molecule has 0 radical (unpaired) electrons. The van der Waals surface area contributed by atoms with Crippen molar-refractivity contribution in [2.45, 2.75) is 79.2 Å². The summed E-state index contributed by atoms with van der Waals surface area (Å²) < 4.78 is 0. The topological polar surface area (TPSA) is 12.0 Å². The SMILES string of the molecule is CNC(CCC(C)(C)C)C1CCCCC1(C)C. The third kappa shape index (κ3) is 4.62. The third-order valence-electron chi connectivity index (χ3n) is 4.65. The van der Waals surface area contributed by atoms with Gasteiger partial charge in [-0.1, -0.05) is 47.5 Å². The van der Waals surface area contributed by atoms with E-state index in [1.807, 2.05) is 0 Å². The van der Waals surface area contributed by atoms with E-state index in [0.717, 1.165) is 5.92 Å². The van der Waals surface area contributed by atoms with Crippen LogP contribution in [0.15, 0.2) is 0 Å². The molecule has 0 aromatic heterocycles. The zero-order valence-electron chi connectivity index (χ0n) is 12.9. The van der Waals surface area contributed by atoms with E-state index >= 15 is 0 Å². The smallest absolute Gasteiger partial charge is 0.00976 e. The van der Waals surface area contributed by atoms with E-state index in [0.29, 0.717) is 16.9 Å². The van der Waals surface area contributed by atoms with Gasteiger partial charge in [0.1, 0.15) is 0 Å². The second kappa shape index (κ2) is 5.73. The molecule has 0 aliphatic heterocycles. The molecular formula is C16H33N. The molecule has 17 heavy (non-hydrogen) atoms. The predicted molar refractivity (Wildman–Crippen MR) is 77.3 cm³/mol. The quantitative estimate of drug-likeness (QED) is 0.755. The van der Waals surface area contributed by atoms with Crippen LogP contribution in [0.5, 0.6) is 0 Å². The molecule has 1 heteroatoms. The van der Waals surface area contributed by atoms with Crippen LogP contribution in [0.2, 0.25) is 0 Å². The predicted octanol–water partition coefficient (Wildman–Crippen LogP) is 4.62. The van der Waals surface area contributed by atoms with E-state index in [9.17, 15) is 0 Å². The van der Waals surface area contributed by atoms with Gasteiger partial charge in [-0.05, 0) is 49.5 Å². The Morgan fingerprint density at radius 2 is 1.88 bits per heavy atom. The van der Waals surface area contributed by atoms with Crippen molar-refractivity contribution >= 4 is 0 Å². The Kier molecular flexibility index (Phi) is 5.07. The van der Waals surface area contributed by atoms with Crippen molar-refractivity contribution in [1.29, 1.82) is 0 Å². The molecule has 1 rings (SSSR count). The first-order valence-corrected chi connectivity index (χ1v) is 7.43. The van der Waals surface area contributed by atoms with Gasteiger partial charge >= 0.3 is 0 Å². The average Bonchev–Trinajstić information content (AvgIpc) is 2.19. The fourth-order valence-electron chi connectivity index (χ4n) is 3.40. The highest BCUT2D eigenvalue weighted by atomic mass is 14.9. The molecule has 0 amide bonds. The molecule has 1 N–H and O–H groups in total. The third-order valence-corrected chi connectivity index (χ3v) is 4.65. The second-order valence-electron chi connectivity index (χ2n) is 7.84. The van der Waals surface area contributed by atoms with Crippen molar-refractivity contribution in [1.82, 2.24) is 5.32 Å². The summed E-state index contributed by atoms with van der Waals surface area (Å²) in [4.78, 5) is 0. The first-order valence-electron chi connectivity index (χ1n) is 7.43. The van der Waals surface area contributed by atoms with Gasteiger partial charge in [0.25, 0.3) is 0 Å². The van der Waals surface area contributed by atoms with Crippen LogP contribution in [0.25, 0.3) is 0 Å². The molecule has 0 aromatic carbocycles. The van der Waals surface area contributed by atoms with E-state index in [2.05, 4.69) is 47.0 Å². The Morgan fingerprint density at radius 3 is 2.35 bits per heavy atom. The average molecular weight is 239 g/mol. The normalized spacial score (nSPS) is 26.8. The molecule has 0 spiro atoms. The van der Waals surface area contributed by atoms with E-state index in [1.54, 1.807) is 0 Å². The fourth-order valence-corrected chi connectivity index (χ4v) is 3.40. The molecule has 0 heterocycles. The zero-order valence-corrected chi connectivity index (χ0v) is 12.9. The second-order valence-corrected chi connectivity index (χ2v) is 7.84. The van der Waals surface area contributed by atoms with Crippen LogP contribution in [0, 0.1) is 16.7 Å². The van der Waals surface area contributed by atoms with Crippen LogP contribution >= 0.6 is 0 Å². The maximum absolute atomic E-state index is 3.60. The van der Waals surface area contributed by atoms with E-state index < -0.39 is 0 Å². The van der Waals surface area contributed by atoms with E-state index in [4.69, 9.17) is 0 Å². The molecule has 1 nitrogen and oxygen atoms in total. The highest BCUT2D eigenvalue weighted by Gasteiger charge is 2.36. The summed E-state index contributed by atoms with van der Waals surface area (Å²) in [6.07, 6.45) is 8.34. The van der Waals surface area contributed by atoms with Crippen molar-refractivity contribution in [2.75, 3.05) is 7.05 Å². The summed E-state index contributed by atoms with van der Waals surface area (Å²) in [6, 6.07) is 0.713. The van der Waals surface area contributed by atoms with Gasteiger partial charge in [0, 0.05) is 6.04 Å².